The molecule has 6 heteroatoms. The number of carbonyl (C=O) groups excluding carboxylic acids is 1. The largest absolute Gasteiger partial charge is 0.478 e. The molecule has 1 fully saturated rings. The summed E-state index contributed by atoms with van der Waals surface area (Å²) in [5.41, 5.74) is 2.27. The summed E-state index contributed by atoms with van der Waals surface area (Å²) in [4.78, 5) is 25.1. The van der Waals surface area contributed by atoms with E-state index in [-0.39, 0.29) is 11.6 Å². The Morgan fingerprint density at radius 1 is 1.24 bits per heavy atom. The first-order valence-electron chi connectivity index (χ1n) is 6.97. The molecule has 1 heterocycles. The van der Waals surface area contributed by atoms with Gasteiger partial charge in [-0.1, -0.05) is 0 Å². The maximum Gasteiger partial charge on any atom is 0.336 e. The van der Waals surface area contributed by atoms with Gasteiger partial charge in [0.15, 0.2) is 0 Å². The van der Waals surface area contributed by atoms with Crippen molar-refractivity contribution in [3.8, 4) is 0 Å². The number of aromatic carboxylic acids is 1. The maximum atomic E-state index is 12.2. The Hall–Kier alpha value is -2.08. The molecule has 0 bridgehead atoms. The standard InChI is InChI=1S/C15H20N2O4/c1-10-8-12(9-13(11(10)2)14(18)19)16-15(20)17-4-3-6-21-7-5-17/h8-9H,3-7H2,1-2H3,(H,16,20)(H,18,19). The van der Waals surface area contributed by atoms with Crippen LogP contribution >= 0.6 is 0 Å². The number of anilines is 1. The zero-order valence-electron chi connectivity index (χ0n) is 12.3. The number of carboxylic acid groups (broad SMARTS) is 1. The highest BCUT2D eigenvalue weighted by molar-refractivity contribution is 5.94. The number of aryl methyl sites for hydroxylation is 1. The van der Waals surface area contributed by atoms with Crippen molar-refractivity contribution in [2.75, 3.05) is 31.6 Å². The summed E-state index contributed by atoms with van der Waals surface area (Å²) < 4.78 is 5.31. The van der Waals surface area contributed by atoms with Crippen LogP contribution in [0.15, 0.2) is 12.1 Å². The van der Waals surface area contributed by atoms with Crippen molar-refractivity contribution in [1.29, 1.82) is 0 Å². The van der Waals surface area contributed by atoms with Crippen molar-refractivity contribution < 1.29 is 19.4 Å². The van der Waals surface area contributed by atoms with Crippen molar-refractivity contribution in [2.45, 2.75) is 20.3 Å². The molecule has 2 rings (SSSR count). The third-order valence-electron chi connectivity index (χ3n) is 3.66. The first-order chi connectivity index (χ1) is 9.99. The molecule has 21 heavy (non-hydrogen) atoms. The molecule has 6 nitrogen and oxygen atoms in total. The summed E-state index contributed by atoms with van der Waals surface area (Å²) >= 11 is 0. The van der Waals surface area contributed by atoms with Crippen LogP contribution in [0, 0.1) is 13.8 Å². The Morgan fingerprint density at radius 3 is 2.71 bits per heavy atom. The lowest BCUT2D eigenvalue weighted by molar-refractivity contribution is 0.0696. The van der Waals surface area contributed by atoms with Crippen LogP contribution in [-0.2, 0) is 4.74 Å². The van der Waals surface area contributed by atoms with Crippen molar-refractivity contribution in [3.63, 3.8) is 0 Å². The molecule has 1 aromatic rings. The molecule has 1 saturated heterocycles. The number of carbonyl (C=O) groups is 2. The van der Waals surface area contributed by atoms with Gasteiger partial charge in [-0.15, -0.1) is 0 Å². The highest BCUT2D eigenvalue weighted by Crippen LogP contribution is 2.20. The normalized spacial score (nSPS) is 15.4. The van der Waals surface area contributed by atoms with E-state index in [0.29, 0.717) is 37.6 Å². The fraction of sp³-hybridized carbons (Fsp3) is 0.467. The van der Waals surface area contributed by atoms with Crippen LogP contribution in [0.2, 0.25) is 0 Å². The van der Waals surface area contributed by atoms with Gasteiger partial charge in [-0.3, -0.25) is 0 Å². The second kappa shape index (κ2) is 6.58. The molecule has 1 aromatic carbocycles. The average Bonchev–Trinajstić information content (AvgIpc) is 2.71. The Labute approximate surface area is 123 Å². The van der Waals surface area contributed by atoms with Crippen molar-refractivity contribution >= 4 is 17.7 Å². The maximum absolute atomic E-state index is 12.2. The van der Waals surface area contributed by atoms with E-state index in [1.165, 1.54) is 6.07 Å². The Balaban J connectivity index is 2.15. The van der Waals surface area contributed by atoms with Crippen LogP contribution in [0.4, 0.5) is 10.5 Å². The van der Waals surface area contributed by atoms with E-state index in [1.807, 2.05) is 6.92 Å². The third-order valence-corrected chi connectivity index (χ3v) is 3.66. The van der Waals surface area contributed by atoms with Gasteiger partial charge < -0.3 is 20.1 Å². The number of hydrogen-bond donors (Lipinski definition) is 2. The van der Waals surface area contributed by atoms with Crippen LogP contribution in [0.3, 0.4) is 0 Å². The summed E-state index contributed by atoms with van der Waals surface area (Å²) in [6.45, 7) is 5.97. The molecule has 2 N–H and O–H groups in total. The molecule has 0 spiro atoms. The van der Waals surface area contributed by atoms with Gasteiger partial charge in [-0.25, -0.2) is 9.59 Å². The minimum absolute atomic E-state index is 0.212. The lowest BCUT2D eigenvalue weighted by atomic mass is 10.0. The van der Waals surface area contributed by atoms with Crippen LogP contribution in [0.25, 0.3) is 0 Å². The highest BCUT2D eigenvalue weighted by atomic mass is 16.5. The van der Waals surface area contributed by atoms with Crippen LogP contribution in [-0.4, -0.2) is 48.3 Å². The van der Waals surface area contributed by atoms with Gasteiger partial charge in [0.25, 0.3) is 0 Å². The zero-order valence-corrected chi connectivity index (χ0v) is 12.3. The lowest BCUT2D eigenvalue weighted by Crippen LogP contribution is -2.36. The van der Waals surface area contributed by atoms with Crippen LogP contribution < -0.4 is 5.32 Å². The second-order valence-electron chi connectivity index (χ2n) is 5.15. The second-order valence-corrected chi connectivity index (χ2v) is 5.15. The number of hydrogen-bond acceptors (Lipinski definition) is 3. The average molecular weight is 292 g/mol. The highest BCUT2D eigenvalue weighted by Gasteiger charge is 2.17. The monoisotopic (exact) mass is 292 g/mol. The molecule has 0 unspecified atom stereocenters. The topological polar surface area (TPSA) is 78.9 Å². The molecular weight excluding hydrogens is 272 g/mol. The summed E-state index contributed by atoms with van der Waals surface area (Å²) in [5.74, 6) is -0.991. The number of nitrogens with zero attached hydrogens (tertiary/aromatic N) is 1. The molecule has 0 atom stereocenters. The molecule has 1 aliphatic heterocycles. The number of benzene rings is 1. The van der Waals surface area contributed by atoms with Gasteiger partial charge in [-0.2, -0.15) is 0 Å². The van der Waals surface area contributed by atoms with E-state index in [9.17, 15) is 14.7 Å². The number of urea groups is 1. The number of amides is 2. The van der Waals surface area contributed by atoms with Crippen molar-refractivity contribution in [1.82, 2.24) is 4.90 Å². The minimum Gasteiger partial charge on any atom is -0.478 e. The van der Waals surface area contributed by atoms with Crippen molar-refractivity contribution in [3.05, 3.63) is 28.8 Å². The predicted octanol–water partition coefficient (Wildman–Crippen LogP) is 2.26. The first-order valence-corrected chi connectivity index (χ1v) is 6.97. The van der Waals surface area contributed by atoms with Crippen molar-refractivity contribution in [2.24, 2.45) is 0 Å². The van der Waals surface area contributed by atoms with E-state index in [1.54, 1.807) is 17.9 Å². The Morgan fingerprint density at radius 2 is 2.00 bits per heavy atom. The van der Waals surface area contributed by atoms with Gasteiger partial charge in [0.1, 0.15) is 0 Å². The van der Waals surface area contributed by atoms with Gasteiger partial charge in [0.2, 0.25) is 0 Å². The van der Waals surface area contributed by atoms with Gasteiger partial charge >= 0.3 is 12.0 Å². The van der Waals surface area contributed by atoms with E-state index >= 15 is 0 Å². The number of rotatable bonds is 2. The van der Waals surface area contributed by atoms with Gasteiger partial charge in [0.05, 0.1) is 12.2 Å². The molecule has 114 valence electrons. The molecule has 0 aromatic heterocycles. The molecule has 2 amide bonds. The molecular formula is C15H20N2O4. The first kappa shape index (κ1) is 15.3. The summed E-state index contributed by atoms with van der Waals surface area (Å²) in [6, 6.07) is 3.06. The fourth-order valence-electron chi connectivity index (χ4n) is 2.31. The van der Waals surface area contributed by atoms with Gasteiger partial charge in [-0.05, 0) is 43.5 Å². The van der Waals surface area contributed by atoms with E-state index < -0.39 is 5.97 Å². The fourth-order valence-corrected chi connectivity index (χ4v) is 2.31. The summed E-state index contributed by atoms with van der Waals surface area (Å²) in [5, 5.41) is 12.0. The number of nitrogens with one attached hydrogen (secondary N) is 1. The Bertz CT molecular complexity index is 549. The summed E-state index contributed by atoms with van der Waals surface area (Å²) in [6.07, 6.45) is 0.806. The molecule has 0 radical (unpaired) electrons. The van der Waals surface area contributed by atoms with Crippen LogP contribution in [0.1, 0.15) is 27.9 Å². The molecule has 0 aliphatic carbocycles. The zero-order chi connectivity index (χ0) is 15.4. The minimum atomic E-state index is -0.991. The molecule has 0 saturated carbocycles. The van der Waals surface area contributed by atoms with E-state index in [4.69, 9.17) is 4.74 Å². The number of carboxylic acids is 1. The van der Waals surface area contributed by atoms with Gasteiger partial charge in [0, 0.05) is 25.4 Å². The number of ether oxygens (including phenoxy) is 1. The van der Waals surface area contributed by atoms with E-state index in [2.05, 4.69) is 5.32 Å². The lowest BCUT2D eigenvalue weighted by Gasteiger charge is -2.20. The predicted molar refractivity (Wildman–Crippen MR) is 78.9 cm³/mol. The molecule has 1 aliphatic rings. The smallest absolute Gasteiger partial charge is 0.336 e. The SMILES string of the molecule is Cc1cc(NC(=O)N2CCCOCC2)cc(C(=O)O)c1C. The van der Waals surface area contributed by atoms with Crippen LogP contribution in [0.5, 0.6) is 0 Å². The Kier molecular flexibility index (Phi) is 4.80. The third kappa shape index (κ3) is 3.72. The quantitative estimate of drug-likeness (QED) is 0.876. The summed E-state index contributed by atoms with van der Waals surface area (Å²) in [7, 11) is 0. The van der Waals surface area contributed by atoms with E-state index in [0.717, 1.165) is 12.0 Å².